The zero-order valence-corrected chi connectivity index (χ0v) is 11.8. The van der Waals surface area contributed by atoms with Gasteiger partial charge in [0.05, 0.1) is 0 Å². The van der Waals surface area contributed by atoms with Gasteiger partial charge in [-0.3, -0.25) is 4.79 Å². The normalized spacial score (nSPS) is 18.0. The summed E-state index contributed by atoms with van der Waals surface area (Å²) in [6, 6.07) is 6.36. The lowest BCUT2D eigenvalue weighted by Crippen LogP contribution is -2.23. The van der Waals surface area contributed by atoms with E-state index in [0.29, 0.717) is 18.9 Å². The Morgan fingerprint density at radius 1 is 1.48 bits per heavy atom. The van der Waals surface area contributed by atoms with Gasteiger partial charge >= 0.3 is 6.61 Å². The fourth-order valence-corrected chi connectivity index (χ4v) is 2.42. The molecule has 0 radical (unpaired) electrons. The Morgan fingerprint density at radius 3 is 3.05 bits per heavy atom. The molecule has 1 aliphatic rings. The van der Waals surface area contributed by atoms with E-state index in [1.54, 1.807) is 12.1 Å². The lowest BCUT2D eigenvalue weighted by atomic mass is 10.0. The summed E-state index contributed by atoms with van der Waals surface area (Å²) in [4.78, 5) is 11.8. The molecule has 1 unspecified atom stereocenters. The van der Waals surface area contributed by atoms with Crippen LogP contribution in [0.2, 0.25) is 0 Å². The number of amides is 1. The summed E-state index contributed by atoms with van der Waals surface area (Å²) in [5.41, 5.74) is 0.740. The molecule has 0 spiro atoms. The quantitative estimate of drug-likeness (QED) is 0.812. The average molecular weight is 298 g/mol. The first kappa shape index (κ1) is 15.7. The summed E-state index contributed by atoms with van der Waals surface area (Å²) in [7, 11) is 0. The molecule has 21 heavy (non-hydrogen) atoms. The first-order valence-corrected chi connectivity index (χ1v) is 7.14. The highest BCUT2D eigenvalue weighted by atomic mass is 19.3. The molecule has 0 saturated carbocycles. The van der Waals surface area contributed by atoms with E-state index in [0.717, 1.165) is 31.5 Å². The van der Waals surface area contributed by atoms with Crippen LogP contribution in [0.1, 0.15) is 24.8 Å². The minimum absolute atomic E-state index is 0.0120. The second kappa shape index (κ2) is 7.93. The van der Waals surface area contributed by atoms with Crippen LogP contribution in [-0.2, 0) is 11.3 Å². The maximum Gasteiger partial charge on any atom is 0.387 e. The van der Waals surface area contributed by atoms with Gasteiger partial charge in [0, 0.05) is 13.0 Å². The number of halogens is 2. The van der Waals surface area contributed by atoms with Crippen molar-refractivity contribution in [3.63, 3.8) is 0 Å². The van der Waals surface area contributed by atoms with Crippen molar-refractivity contribution >= 4 is 5.91 Å². The molecule has 6 heteroatoms. The number of hydrogen-bond acceptors (Lipinski definition) is 3. The maximum atomic E-state index is 12.1. The highest BCUT2D eigenvalue weighted by Gasteiger charge is 2.15. The van der Waals surface area contributed by atoms with Gasteiger partial charge in [0.2, 0.25) is 5.91 Å². The van der Waals surface area contributed by atoms with E-state index in [2.05, 4.69) is 15.4 Å². The van der Waals surface area contributed by atoms with Crippen molar-refractivity contribution in [3.8, 4) is 5.75 Å². The van der Waals surface area contributed by atoms with Crippen LogP contribution in [0.25, 0.3) is 0 Å². The fourth-order valence-electron chi connectivity index (χ4n) is 2.42. The number of hydrogen-bond donors (Lipinski definition) is 2. The largest absolute Gasteiger partial charge is 0.435 e. The van der Waals surface area contributed by atoms with Gasteiger partial charge in [-0.05, 0) is 49.5 Å². The van der Waals surface area contributed by atoms with Gasteiger partial charge in [-0.25, -0.2) is 0 Å². The average Bonchev–Trinajstić information content (AvgIpc) is 2.96. The molecule has 1 fully saturated rings. The fraction of sp³-hybridized carbons (Fsp3) is 0.533. The lowest BCUT2D eigenvalue weighted by molar-refractivity contribution is -0.121. The van der Waals surface area contributed by atoms with Crippen molar-refractivity contribution in [2.45, 2.75) is 32.4 Å². The Balaban J connectivity index is 1.72. The van der Waals surface area contributed by atoms with Crippen LogP contribution in [0.5, 0.6) is 5.75 Å². The molecule has 1 aromatic carbocycles. The standard InChI is InChI=1S/C15H20F2N2O2/c16-15(17)21-13-3-1-2-12(8-13)10-19-14(20)5-4-11-6-7-18-9-11/h1-3,8,11,15,18H,4-7,9-10H2,(H,19,20). The third-order valence-corrected chi connectivity index (χ3v) is 3.56. The highest BCUT2D eigenvalue weighted by molar-refractivity contribution is 5.75. The molecule has 1 atom stereocenters. The maximum absolute atomic E-state index is 12.1. The van der Waals surface area contributed by atoms with Gasteiger partial charge in [-0.2, -0.15) is 8.78 Å². The Kier molecular flexibility index (Phi) is 5.92. The van der Waals surface area contributed by atoms with Crippen LogP contribution in [0.15, 0.2) is 24.3 Å². The van der Waals surface area contributed by atoms with Crippen LogP contribution in [0, 0.1) is 5.92 Å². The van der Waals surface area contributed by atoms with Gasteiger partial charge in [0.25, 0.3) is 0 Å². The van der Waals surface area contributed by atoms with Crippen LogP contribution in [0.4, 0.5) is 8.78 Å². The second-order valence-electron chi connectivity index (χ2n) is 5.20. The predicted molar refractivity (Wildman–Crippen MR) is 75.1 cm³/mol. The molecule has 1 saturated heterocycles. The predicted octanol–water partition coefficient (Wildman–Crippen LogP) is 2.29. The Bertz CT molecular complexity index is 463. The Morgan fingerprint density at radius 2 is 2.33 bits per heavy atom. The molecule has 0 aromatic heterocycles. The molecule has 0 aliphatic carbocycles. The zero-order chi connectivity index (χ0) is 15.1. The Hall–Kier alpha value is -1.69. The number of carbonyl (C=O) groups is 1. The minimum atomic E-state index is -2.84. The van der Waals surface area contributed by atoms with Crippen LogP contribution >= 0.6 is 0 Å². The van der Waals surface area contributed by atoms with Gasteiger partial charge in [-0.15, -0.1) is 0 Å². The van der Waals surface area contributed by atoms with Gasteiger partial charge < -0.3 is 15.4 Å². The number of ether oxygens (including phenoxy) is 1. The van der Waals surface area contributed by atoms with Crippen molar-refractivity contribution in [1.82, 2.24) is 10.6 Å². The number of benzene rings is 1. The SMILES string of the molecule is O=C(CCC1CCNC1)NCc1cccc(OC(F)F)c1. The van der Waals surface area contributed by atoms with E-state index in [4.69, 9.17) is 0 Å². The summed E-state index contributed by atoms with van der Waals surface area (Å²) in [6.45, 7) is -0.499. The van der Waals surface area contributed by atoms with Gasteiger partial charge in [0.1, 0.15) is 5.75 Å². The molecule has 1 heterocycles. The van der Waals surface area contributed by atoms with Crippen molar-refractivity contribution in [3.05, 3.63) is 29.8 Å². The van der Waals surface area contributed by atoms with E-state index in [1.807, 2.05) is 0 Å². The van der Waals surface area contributed by atoms with E-state index in [9.17, 15) is 13.6 Å². The van der Waals surface area contributed by atoms with E-state index in [-0.39, 0.29) is 11.7 Å². The summed E-state index contributed by atoms with van der Waals surface area (Å²) >= 11 is 0. The Labute approximate surface area is 122 Å². The van der Waals surface area contributed by atoms with Crippen molar-refractivity contribution < 1.29 is 18.3 Å². The van der Waals surface area contributed by atoms with Crippen LogP contribution in [-0.4, -0.2) is 25.6 Å². The third-order valence-electron chi connectivity index (χ3n) is 3.56. The van der Waals surface area contributed by atoms with Crippen molar-refractivity contribution in [1.29, 1.82) is 0 Å². The first-order valence-electron chi connectivity index (χ1n) is 7.14. The third kappa shape index (κ3) is 5.67. The topological polar surface area (TPSA) is 50.4 Å². The second-order valence-corrected chi connectivity index (χ2v) is 5.20. The van der Waals surface area contributed by atoms with Gasteiger partial charge in [0.15, 0.2) is 0 Å². The smallest absolute Gasteiger partial charge is 0.387 e. The molecule has 2 rings (SSSR count). The monoisotopic (exact) mass is 298 g/mol. The summed E-state index contributed by atoms with van der Waals surface area (Å²) < 4.78 is 28.6. The molecule has 0 bridgehead atoms. The van der Waals surface area contributed by atoms with Crippen molar-refractivity contribution in [2.75, 3.05) is 13.1 Å². The van der Waals surface area contributed by atoms with E-state index in [1.165, 1.54) is 12.1 Å². The summed E-state index contributed by atoms with van der Waals surface area (Å²) in [6.07, 6.45) is 2.51. The molecule has 116 valence electrons. The zero-order valence-electron chi connectivity index (χ0n) is 11.8. The summed E-state index contributed by atoms with van der Waals surface area (Å²) in [5, 5.41) is 6.07. The first-order chi connectivity index (χ1) is 10.1. The highest BCUT2D eigenvalue weighted by Crippen LogP contribution is 2.16. The number of alkyl halides is 2. The molecular weight excluding hydrogens is 278 g/mol. The number of rotatable bonds is 7. The van der Waals surface area contributed by atoms with Crippen LogP contribution in [0.3, 0.4) is 0 Å². The van der Waals surface area contributed by atoms with Crippen LogP contribution < -0.4 is 15.4 Å². The van der Waals surface area contributed by atoms with Crippen molar-refractivity contribution in [2.24, 2.45) is 5.92 Å². The lowest BCUT2D eigenvalue weighted by Gasteiger charge is -2.10. The minimum Gasteiger partial charge on any atom is -0.435 e. The number of carbonyl (C=O) groups excluding carboxylic acids is 1. The summed E-state index contributed by atoms with van der Waals surface area (Å²) in [5.74, 6) is 0.675. The van der Waals surface area contributed by atoms with E-state index >= 15 is 0 Å². The van der Waals surface area contributed by atoms with E-state index < -0.39 is 6.61 Å². The molecule has 1 aromatic rings. The molecule has 1 amide bonds. The molecular formula is C15H20F2N2O2. The molecule has 1 aliphatic heterocycles. The molecule has 4 nitrogen and oxygen atoms in total. The number of nitrogens with one attached hydrogen (secondary N) is 2. The van der Waals surface area contributed by atoms with Gasteiger partial charge in [-0.1, -0.05) is 12.1 Å². The molecule has 2 N–H and O–H groups in total.